The van der Waals surface area contributed by atoms with Crippen LogP contribution < -0.4 is 5.32 Å². The van der Waals surface area contributed by atoms with Crippen LogP contribution in [0.5, 0.6) is 0 Å². The van der Waals surface area contributed by atoms with Crippen molar-refractivity contribution in [3.63, 3.8) is 0 Å². The van der Waals surface area contributed by atoms with Gasteiger partial charge in [-0.25, -0.2) is 4.21 Å². The van der Waals surface area contributed by atoms with Crippen LogP contribution in [-0.2, 0) is 11.1 Å². The van der Waals surface area contributed by atoms with Crippen LogP contribution in [0.4, 0.5) is 5.69 Å². The third-order valence-electron chi connectivity index (χ3n) is 2.39. The second-order valence-electron chi connectivity index (χ2n) is 3.59. The van der Waals surface area contributed by atoms with Crippen molar-refractivity contribution in [2.75, 3.05) is 11.2 Å². The fraction of sp³-hybridized carbons (Fsp3) is 0.0769. The summed E-state index contributed by atoms with van der Waals surface area (Å²) in [6, 6.07) is 17.8. The highest BCUT2D eigenvalue weighted by atomic mass is 32.2. The van der Waals surface area contributed by atoms with Crippen LogP contribution >= 0.6 is 0 Å². The van der Waals surface area contributed by atoms with Crippen LogP contribution in [0.3, 0.4) is 0 Å². The van der Waals surface area contributed by atoms with E-state index >= 15 is 0 Å². The second-order valence-corrected chi connectivity index (χ2v) is 4.52. The first-order valence-corrected chi connectivity index (χ1v) is 6.50. The zero-order chi connectivity index (χ0) is 12.1. The van der Waals surface area contributed by atoms with E-state index in [1.54, 1.807) is 0 Å². The van der Waals surface area contributed by atoms with Crippen molar-refractivity contribution in [1.29, 1.82) is 0 Å². The lowest BCUT2D eigenvalue weighted by Crippen LogP contribution is -2.06. The third kappa shape index (κ3) is 3.41. The Labute approximate surface area is 103 Å². The molecule has 2 aromatic carbocycles. The molecule has 0 aliphatic rings. The van der Waals surface area contributed by atoms with E-state index in [4.69, 9.17) is 4.55 Å². The van der Waals surface area contributed by atoms with Gasteiger partial charge in [0.2, 0.25) is 0 Å². The number of benzene rings is 2. The monoisotopic (exact) mass is 247 g/mol. The van der Waals surface area contributed by atoms with Crippen molar-refractivity contribution in [3.05, 3.63) is 54.6 Å². The van der Waals surface area contributed by atoms with Crippen molar-refractivity contribution in [2.24, 2.45) is 0 Å². The molecule has 17 heavy (non-hydrogen) atoms. The lowest BCUT2D eigenvalue weighted by molar-refractivity contribution is 0.566. The van der Waals surface area contributed by atoms with E-state index < -0.39 is 11.1 Å². The summed E-state index contributed by atoms with van der Waals surface area (Å²) in [7, 11) is 0. The quantitative estimate of drug-likeness (QED) is 0.817. The fourth-order valence-corrected chi connectivity index (χ4v) is 1.85. The van der Waals surface area contributed by atoms with Gasteiger partial charge in [-0.3, -0.25) is 0 Å². The van der Waals surface area contributed by atoms with E-state index in [2.05, 4.69) is 5.32 Å². The maximum Gasteiger partial charge on any atom is 0.172 e. The standard InChI is InChI=1S/C13H13NO2S/c15-17(16)10-14-13-8-6-12(7-9-13)11-4-2-1-3-5-11/h1-9,14H,10H2,(H,15,16). The van der Waals surface area contributed by atoms with Gasteiger partial charge in [0.15, 0.2) is 11.1 Å². The van der Waals surface area contributed by atoms with E-state index in [1.165, 1.54) is 0 Å². The molecule has 0 fully saturated rings. The van der Waals surface area contributed by atoms with Gasteiger partial charge >= 0.3 is 0 Å². The average Bonchev–Trinajstić information content (AvgIpc) is 2.38. The number of hydrogen-bond acceptors (Lipinski definition) is 2. The topological polar surface area (TPSA) is 49.3 Å². The Morgan fingerprint density at radius 3 is 2.12 bits per heavy atom. The number of rotatable bonds is 4. The molecular weight excluding hydrogens is 234 g/mol. The lowest BCUT2D eigenvalue weighted by Gasteiger charge is -2.05. The number of hydrogen-bond donors (Lipinski definition) is 2. The minimum absolute atomic E-state index is 0.0463. The SMILES string of the molecule is O=S(O)CNc1ccc(-c2ccccc2)cc1. The lowest BCUT2D eigenvalue weighted by atomic mass is 10.1. The molecule has 4 heteroatoms. The molecule has 0 heterocycles. The van der Waals surface area contributed by atoms with E-state index in [-0.39, 0.29) is 5.88 Å². The summed E-state index contributed by atoms with van der Waals surface area (Å²) in [5, 5.41) is 2.87. The van der Waals surface area contributed by atoms with Crippen molar-refractivity contribution in [1.82, 2.24) is 0 Å². The van der Waals surface area contributed by atoms with Gasteiger partial charge in [-0.05, 0) is 23.3 Å². The normalized spacial score (nSPS) is 12.1. The molecule has 2 aromatic rings. The largest absolute Gasteiger partial charge is 0.372 e. The van der Waals surface area contributed by atoms with Crippen LogP contribution in [0.15, 0.2) is 54.6 Å². The summed E-state index contributed by atoms with van der Waals surface area (Å²) in [5.41, 5.74) is 3.12. The van der Waals surface area contributed by atoms with Gasteiger partial charge < -0.3 is 9.87 Å². The highest BCUT2D eigenvalue weighted by molar-refractivity contribution is 7.79. The van der Waals surface area contributed by atoms with Crippen molar-refractivity contribution >= 4 is 16.8 Å². The van der Waals surface area contributed by atoms with E-state index in [0.717, 1.165) is 16.8 Å². The van der Waals surface area contributed by atoms with Gasteiger partial charge in [-0.15, -0.1) is 0 Å². The summed E-state index contributed by atoms with van der Waals surface area (Å²) in [6.07, 6.45) is 0. The van der Waals surface area contributed by atoms with Crippen LogP contribution in [0.1, 0.15) is 0 Å². The Kier molecular flexibility index (Phi) is 3.90. The molecular formula is C13H13NO2S. The van der Waals surface area contributed by atoms with Gasteiger partial charge in [0.25, 0.3) is 0 Å². The summed E-state index contributed by atoms with van der Waals surface area (Å²) in [4.78, 5) is 0. The highest BCUT2D eigenvalue weighted by Gasteiger charge is 1.98. The Balaban J connectivity index is 2.11. The first-order chi connectivity index (χ1) is 8.25. The zero-order valence-corrected chi connectivity index (χ0v) is 9.98. The molecule has 0 saturated carbocycles. The Morgan fingerprint density at radius 2 is 1.53 bits per heavy atom. The molecule has 0 saturated heterocycles. The van der Waals surface area contributed by atoms with Gasteiger partial charge in [0, 0.05) is 5.69 Å². The minimum atomic E-state index is -1.82. The van der Waals surface area contributed by atoms with Gasteiger partial charge in [-0.1, -0.05) is 42.5 Å². The molecule has 1 atom stereocenters. The van der Waals surface area contributed by atoms with Crippen LogP contribution in [-0.4, -0.2) is 14.6 Å². The molecule has 0 aromatic heterocycles. The third-order valence-corrected chi connectivity index (χ3v) is 2.78. The van der Waals surface area contributed by atoms with Crippen LogP contribution in [0.25, 0.3) is 11.1 Å². The van der Waals surface area contributed by atoms with Crippen molar-refractivity contribution < 1.29 is 8.76 Å². The molecule has 0 bridgehead atoms. The van der Waals surface area contributed by atoms with Gasteiger partial charge in [-0.2, -0.15) is 0 Å². The zero-order valence-electron chi connectivity index (χ0n) is 9.17. The van der Waals surface area contributed by atoms with Crippen molar-refractivity contribution in [2.45, 2.75) is 0 Å². The predicted octanol–water partition coefficient (Wildman–Crippen LogP) is 2.94. The Bertz CT molecular complexity index is 497. The van der Waals surface area contributed by atoms with Crippen LogP contribution in [0.2, 0.25) is 0 Å². The van der Waals surface area contributed by atoms with E-state index in [9.17, 15) is 4.21 Å². The van der Waals surface area contributed by atoms with Gasteiger partial charge in [0.05, 0.1) is 0 Å². The van der Waals surface area contributed by atoms with E-state index in [0.29, 0.717) is 0 Å². The average molecular weight is 247 g/mol. The highest BCUT2D eigenvalue weighted by Crippen LogP contribution is 2.20. The second kappa shape index (κ2) is 5.61. The Morgan fingerprint density at radius 1 is 0.941 bits per heavy atom. The maximum atomic E-state index is 10.5. The molecule has 0 aliphatic carbocycles. The summed E-state index contributed by atoms with van der Waals surface area (Å²) < 4.78 is 19.2. The fourth-order valence-electron chi connectivity index (χ4n) is 1.56. The first-order valence-electron chi connectivity index (χ1n) is 5.22. The summed E-state index contributed by atoms with van der Waals surface area (Å²) in [6.45, 7) is 0. The molecule has 2 N–H and O–H groups in total. The molecule has 0 radical (unpaired) electrons. The molecule has 0 aliphatic heterocycles. The number of nitrogens with one attached hydrogen (secondary N) is 1. The first kappa shape index (κ1) is 11.8. The summed E-state index contributed by atoms with van der Waals surface area (Å²) in [5.74, 6) is 0.0463. The van der Waals surface area contributed by atoms with Crippen molar-refractivity contribution in [3.8, 4) is 11.1 Å². The minimum Gasteiger partial charge on any atom is -0.372 e. The molecule has 1 unspecified atom stereocenters. The van der Waals surface area contributed by atoms with E-state index in [1.807, 2.05) is 54.6 Å². The number of anilines is 1. The molecule has 0 amide bonds. The smallest absolute Gasteiger partial charge is 0.172 e. The molecule has 88 valence electrons. The maximum absolute atomic E-state index is 10.5. The van der Waals surface area contributed by atoms with Crippen LogP contribution in [0, 0.1) is 0 Å². The summed E-state index contributed by atoms with van der Waals surface area (Å²) >= 11 is -1.82. The molecule has 3 nitrogen and oxygen atoms in total. The predicted molar refractivity (Wildman–Crippen MR) is 71.1 cm³/mol. The Hall–Kier alpha value is -1.65. The molecule has 2 rings (SSSR count). The van der Waals surface area contributed by atoms with Gasteiger partial charge in [0.1, 0.15) is 5.88 Å². The molecule has 0 spiro atoms.